The molecule has 7 rings (SSSR count). The molecule has 11 nitrogen and oxygen atoms in total. The molecule has 5 aromatic rings. The number of nitriles is 1. The van der Waals surface area contributed by atoms with Crippen molar-refractivity contribution in [1.29, 1.82) is 5.26 Å². The second-order valence-electron chi connectivity index (χ2n) is 13.7. The molecule has 0 radical (unpaired) electrons. The van der Waals surface area contributed by atoms with Gasteiger partial charge in [0.15, 0.2) is 11.5 Å². The van der Waals surface area contributed by atoms with Crippen LogP contribution in [-0.4, -0.2) is 82.8 Å². The number of carbonyl (C=O) groups is 1. The average molecular weight is 750 g/mol. The van der Waals surface area contributed by atoms with Crippen molar-refractivity contribution in [2.75, 3.05) is 58.0 Å². The highest BCUT2D eigenvalue weighted by Gasteiger charge is 2.36. The van der Waals surface area contributed by atoms with E-state index in [-0.39, 0.29) is 68.1 Å². The van der Waals surface area contributed by atoms with Gasteiger partial charge < -0.3 is 25.2 Å². The number of aryl methyl sites for hydroxylation is 1. The first kappa shape index (κ1) is 35.5. The number of halogens is 4. The van der Waals surface area contributed by atoms with Crippen LogP contribution >= 0.6 is 22.9 Å². The van der Waals surface area contributed by atoms with E-state index in [0.717, 1.165) is 17.0 Å². The van der Waals surface area contributed by atoms with Gasteiger partial charge in [-0.05, 0) is 49.7 Å². The van der Waals surface area contributed by atoms with Crippen LogP contribution in [0, 0.1) is 28.4 Å². The second-order valence-corrected chi connectivity index (χ2v) is 15.2. The van der Waals surface area contributed by atoms with Crippen molar-refractivity contribution in [3.05, 3.63) is 69.8 Å². The SMILES string of the molecule is CN1CC/C(=C\F)[C@](C)(COc2nc(N3CCCn4nc(C(=O)N(C)C)cc4C3)c3cc(Cl)c(-c4c(F)ccc5sc(N)c(C#N)c45)c(F)c3n2)C1. The molecule has 0 bridgehead atoms. The third-order valence-electron chi connectivity index (χ3n) is 9.78. The number of benzene rings is 2. The molecule has 2 N–H and O–H groups in total. The molecule has 2 aliphatic heterocycles. The summed E-state index contributed by atoms with van der Waals surface area (Å²) in [6.45, 7) is 4.34. The fourth-order valence-electron chi connectivity index (χ4n) is 7.15. The first-order chi connectivity index (χ1) is 24.8. The Kier molecular flexibility index (Phi) is 9.26. The highest BCUT2D eigenvalue weighted by atomic mass is 35.5. The lowest BCUT2D eigenvalue weighted by atomic mass is 9.78. The number of hydrogen-bond donors (Lipinski definition) is 1. The summed E-state index contributed by atoms with van der Waals surface area (Å²) in [5.74, 6) is -1.68. The van der Waals surface area contributed by atoms with Crippen molar-refractivity contribution in [2.24, 2.45) is 5.41 Å². The maximum atomic E-state index is 17.2. The molecule has 52 heavy (non-hydrogen) atoms. The van der Waals surface area contributed by atoms with Gasteiger partial charge in [0.1, 0.15) is 34.8 Å². The standard InChI is InChI=1S/C36H35ClF3N9O2S/c1-36(17-47(4)11-8-19(36)14-38)18-51-35-43-31-21(33(44-35)48-9-5-10-49-20(16-48)12-25(45-49)34(50)46(2)3)13-23(37)28(30(31)40)29-24(39)6-7-26-27(29)22(15-41)32(42)52-26/h6-7,12-14H,5,8-11,16-18,42H2,1-4H3/b19-14+/t36-/m0/s1. The molecule has 1 atom stereocenters. The van der Waals surface area contributed by atoms with Gasteiger partial charge in [-0.3, -0.25) is 9.48 Å². The molecule has 2 aromatic carbocycles. The number of nitrogens with zero attached hydrogens (tertiary/aromatic N) is 8. The molecule has 1 amide bonds. The third kappa shape index (κ3) is 6.08. The van der Waals surface area contributed by atoms with E-state index in [9.17, 15) is 14.4 Å². The quantitative estimate of drug-likeness (QED) is 0.200. The predicted molar refractivity (Wildman–Crippen MR) is 195 cm³/mol. The Morgan fingerprint density at radius 3 is 2.73 bits per heavy atom. The number of ether oxygens (including phenoxy) is 1. The fraction of sp³-hybridized carbons (Fsp3) is 0.361. The van der Waals surface area contributed by atoms with Crippen LogP contribution in [-0.2, 0) is 13.1 Å². The number of piperidine rings is 1. The minimum absolute atomic E-state index is 0.00344. The molecule has 270 valence electrons. The lowest BCUT2D eigenvalue weighted by Crippen LogP contribution is -2.44. The summed E-state index contributed by atoms with van der Waals surface area (Å²) in [4.78, 5) is 27.5. The summed E-state index contributed by atoms with van der Waals surface area (Å²) < 4.78 is 55.5. The van der Waals surface area contributed by atoms with E-state index in [4.69, 9.17) is 27.1 Å². The van der Waals surface area contributed by atoms with Crippen molar-refractivity contribution >= 4 is 60.7 Å². The zero-order chi connectivity index (χ0) is 37.1. The van der Waals surface area contributed by atoms with Crippen molar-refractivity contribution < 1.29 is 22.7 Å². The number of rotatable bonds is 6. The molecule has 0 saturated carbocycles. The topological polar surface area (TPSA) is 129 Å². The Labute approximate surface area is 306 Å². The van der Waals surface area contributed by atoms with Gasteiger partial charge in [-0.25, -0.2) is 13.2 Å². The number of anilines is 2. The highest BCUT2D eigenvalue weighted by Crippen LogP contribution is 2.46. The van der Waals surface area contributed by atoms with E-state index < -0.39 is 17.0 Å². The molecule has 0 spiro atoms. The number of likely N-dealkylation sites (tertiary alicyclic amines) is 1. The molecule has 1 fully saturated rings. The monoisotopic (exact) mass is 749 g/mol. The minimum atomic E-state index is -0.942. The number of aromatic nitrogens is 4. The first-order valence-electron chi connectivity index (χ1n) is 16.6. The van der Waals surface area contributed by atoms with Crippen LogP contribution in [0.1, 0.15) is 41.5 Å². The second kappa shape index (κ2) is 13.6. The fourth-order valence-corrected chi connectivity index (χ4v) is 8.36. The van der Waals surface area contributed by atoms with Crippen LogP contribution in [0.15, 0.2) is 36.2 Å². The molecule has 2 aliphatic rings. The maximum Gasteiger partial charge on any atom is 0.319 e. The van der Waals surface area contributed by atoms with Gasteiger partial charge in [0.25, 0.3) is 5.91 Å². The van der Waals surface area contributed by atoms with Crippen LogP contribution in [0.3, 0.4) is 0 Å². The van der Waals surface area contributed by atoms with Crippen LogP contribution in [0.4, 0.5) is 24.0 Å². The zero-order valence-electron chi connectivity index (χ0n) is 28.9. The summed E-state index contributed by atoms with van der Waals surface area (Å²) in [6, 6.07) is 7.73. The van der Waals surface area contributed by atoms with E-state index in [0.29, 0.717) is 67.1 Å². The summed E-state index contributed by atoms with van der Waals surface area (Å²) in [7, 11) is 5.25. The summed E-state index contributed by atoms with van der Waals surface area (Å²) in [6.07, 6.45) is 1.75. The molecular weight excluding hydrogens is 715 g/mol. The smallest absolute Gasteiger partial charge is 0.319 e. The van der Waals surface area contributed by atoms with Crippen molar-refractivity contribution in [2.45, 2.75) is 32.9 Å². The van der Waals surface area contributed by atoms with Gasteiger partial charge in [0.2, 0.25) is 0 Å². The lowest BCUT2D eigenvalue weighted by molar-refractivity contribution is 0.0821. The van der Waals surface area contributed by atoms with Crippen molar-refractivity contribution in [3.8, 4) is 23.2 Å². The normalized spacial score (nSPS) is 18.8. The van der Waals surface area contributed by atoms with Crippen molar-refractivity contribution in [3.63, 3.8) is 0 Å². The Morgan fingerprint density at radius 2 is 2.00 bits per heavy atom. The maximum absolute atomic E-state index is 17.2. The number of carbonyl (C=O) groups excluding carboxylic acids is 1. The number of amides is 1. The van der Waals surface area contributed by atoms with E-state index in [1.165, 1.54) is 23.1 Å². The number of nitrogen functional groups attached to an aromatic ring is 1. The summed E-state index contributed by atoms with van der Waals surface area (Å²) >= 11 is 7.94. The molecule has 0 unspecified atom stereocenters. The van der Waals surface area contributed by atoms with Gasteiger partial charge in [0.05, 0.1) is 29.2 Å². The van der Waals surface area contributed by atoms with Crippen LogP contribution in [0.25, 0.3) is 32.1 Å². The largest absolute Gasteiger partial charge is 0.462 e. The van der Waals surface area contributed by atoms with E-state index >= 15 is 8.78 Å². The molecule has 0 aliphatic carbocycles. The van der Waals surface area contributed by atoms with Gasteiger partial charge in [-0.15, -0.1) is 11.3 Å². The van der Waals surface area contributed by atoms with Crippen LogP contribution < -0.4 is 15.4 Å². The Morgan fingerprint density at radius 1 is 1.21 bits per heavy atom. The van der Waals surface area contributed by atoms with Gasteiger partial charge in [-0.1, -0.05) is 18.5 Å². The minimum Gasteiger partial charge on any atom is -0.462 e. The number of nitrogens with two attached hydrogens (primary N) is 1. The van der Waals surface area contributed by atoms with Crippen molar-refractivity contribution in [1.82, 2.24) is 29.5 Å². The van der Waals surface area contributed by atoms with E-state index in [1.807, 2.05) is 24.9 Å². The number of hydrogen-bond acceptors (Lipinski definition) is 10. The molecule has 16 heteroatoms. The predicted octanol–water partition coefficient (Wildman–Crippen LogP) is 6.78. The highest BCUT2D eigenvalue weighted by molar-refractivity contribution is 7.23. The van der Waals surface area contributed by atoms with E-state index in [1.54, 1.807) is 24.8 Å². The van der Waals surface area contributed by atoms with Crippen LogP contribution in [0.2, 0.25) is 5.02 Å². The number of thiophene rings is 1. The van der Waals surface area contributed by atoms with Gasteiger partial charge >= 0.3 is 6.01 Å². The number of fused-ring (bicyclic) bond motifs is 3. The van der Waals surface area contributed by atoms with Gasteiger partial charge in [-0.2, -0.15) is 20.3 Å². The molecule has 1 saturated heterocycles. The lowest BCUT2D eigenvalue weighted by Gasteiger charge is -2.40. The Bertz CT molecular complexity index is 2340. The Balaban J connectivity index is 1.40. The Hall–Kier alpha value is -4.91. The average Bonchev–Trinajstić information content (AvgIpc) is 3.59. The summed E-state index contributed by atoms with van der Waals surface area (Å²) in [5, 5.41) is 14.9. The molecular formula is C36H35ClF3N9O2S. The van der Waals surface area contributed by atoms with Crippen LogP contribution in [0.5, 0.6) is 6.01 Å². The van der Waals surface area contributed by atoms with Gasteiger partial charge in [0, 0.05) is 72.3 Å². The summed E-state index contributed by atoms with van der Waals surface area (Å²) in [5.41, 5.74) is 6.35. The zero-order valence-corrected chi connectivity index (χ0v) is 30.5. The third-order valence-corrected chi connectivity index (χ3v) is 11.1. The molecule has 3 aromatic heterocycles. The van der Waals surface area contributed by atoms with E-state index in [2.05, 4.69) is 15.0 Å². The molecule has 5 heterocycles. The first-order valence-corrected chi connectivity index (χ1v) is 17.8.